The molecule has 7 heteroatoms. The number of ether oxygens (including phenoxy) is 1. The number of hydrogen-bond acceptors (Lipinski definition) is 3. The van der Waals surface area contributed by atoms with Gasteiger partial charge in [-0.05, 0) is 31.5 Å². The fraction of sp³-hybridized carbons (Fsp3) is 0.500. The topological polar surface area (TPSA) is 66.8 Å². The van der Waals surface area contributed by atoms with Crippen LogP contribution in [-0.4, -0.2) is 48.2 Å². The van der Waals surface area contributed by atoms with Crippen molar-refractivity contribution in [1.29, 1.82) is 0 Å². The number of rotatable bonds is 9. The van der Waals surface area contributed by atoms with Crippen molar-refractivity contribution < 1.29 is 28.2 Å². The van der Waals surface area contributed by atoms with Crippen LogP contribution in [0.5, 0.6) is 0 Å². The number of hydrogen-bond donors (Lipinski definition) is 1. The summed E-state index contributed by atoms with van der Waals surface area (Å²) in [6.07, 6.45) is 0.475. The highest BCUT2D eigenvalue weighted by Gasteiger charge is 2.23. The van der Waals surface area contributed by atoms with E-state index >= 15 is 0 Å². The number of benzene rings is 1. The highest BCUT2D eigenvalue weighted by Crippen LogP contribution is 2.14. The molecule has 1 unspecified atom stereocenters. The van der Waals surface area contributed by atoms with Crippen LogP contribution in [0.2, 0.25) is 0 Å². The van der Waals surface area contributed by atoms with Crippen molar-refractivity contribution in [3.63, 3.8) is 0 Å². The minimum atomic E-state index is -1.06. The van der Waals surface area contributed by atoms with E-state index in [0.717, 1.165) is 18.2 Å². The van der Waals surface area contributed by atoms with E-state index in [1.165, 1.54) is 11.8 Å². The van der Waals surface area contributed by atoms with Crippen LogP contribution >= 0.6 is 0 Å². The first-order valence-electron chi connectivity index (χ1n) is 7.41. The van der Waals surface area contributed by atoms with E-state index in [1.54, 1.807) is 0 Å². The van der Waals surface area contributed by atoms with Gasteiger partial charge in [-0.15, -0.1) is 0 Å². The average Bonchev–Trinajstić information content (AvgIpc) is 2.51. The van der Waals surface area contributed by atoms with Crippen molar-refractivity contribution in [2.45, 2.75) is 20.3 Å². The summed E-state index contributed by atoms with van der Waals surface area (Å²) in [5.74, 6) is -4.17. The van der Waals surface area contributed by atoms with Gasteiger partial charge < -0.3 is 14.7 Å². The van der Waals surface area contributed by atoms with Gasteiger partial charge in [-0.1, -0.05) is 6.92 Å². The molecular formula is C16H21F2NO4. The third-order valence-electron chi connectivity index (χ3n) is 3.28. The second kappa shape index (κ2) is 9.19. The van der Waals surface area contributed by atoms with Crippen LogP contribution in [0.15, 0.2) is 18.2 Å². The second-order valence-electron chi connectivity index (χ2n) is 5.17. The Morgan fingerprint density at radius 3 is 2.65 bits per heavy atom. The van der Waals surface area contributed by atoms with Crippen LogP contribution in [0.3, 0.4) is 0 Å². The van der Waals surface area contributed by atoms with Crippen LogP contribution < -0.4 is 0 Å². The van der Waals surface area contributed by atoms with E-state index in [2.05, 4.69) is 0 Å². The Morgan fingerprint density at radius 1 is 1.35 bits per heavy atom. The molecule has 1 N–H and O–H groups in total. The standard InChI is InChI=1S/C16H21F2NO4/c1-3-23-8-4-7-19(10-11(2)16(21)22)15(20)13-9-12(17)5-6-14(13)18/h5-6,9,11H,3-4,7-8,10H2,1-2H3,(H,21,22). The number of nitrogens with zero attached hydrogens (tertiary/aromatic N) is 1. The first kappa shape index (κ1) is 19.0. The molecule has 23 heavy (non-hydrogen) atoms. The van der Waals surface area contributed by atoms with Gasteiger partial charge in [0.15, 0.2) is 0 Å². The molecule has 5 nitrogen and oxygen atoms in total. The number of aliphatic carboxylic acids is 1. The highest BCUT2D eigenvalue weighted by molar-refractivity contribution is 5.94. The minimum absolute atomic E-state index is 0.0871. The van der Waals surface area contributed by atoms with Crippen molar-refractivity contribution >= 4 is 11.9 Å². The van der Waals surface area contributed by atoms with E-state index in [-0.39, 0.29) is 13.1 Å². The minimum Gasteiger partial charge on any atom is -0.481 e. The zero-order chi connectivity index (χ0) is 17.4. The molecule has 1 aromatic carbocycles. The maximum Gasteiger partial charge on any atom is 0.308 e. The van der Waals surface area contributed by atoms with Crippen LogP contribution in [0.1, 0.15) is 30.6 Å². The molecule has 0 spiro atoms. The average molecular weight is 329 g/mol. The molecule has 0 aliphatic heterocycles. The number of carbonyl (C=O) groups excluding carboxylic acids is 1. The smallest absolute Gasteiger partial charge is 0.308 e. The predicted molar refractivity (Wildman–Crippen MR) is 80.2 cm³/mol. The molecule has 1 aromatic rings. The lowest BCUT2D eigenvalue weighted by molar-refractivity contribution is -0.141. The molecule has 1 atom stereocenters. The van der Waals surface area contributed by atoms with Crippen molar-refractivity contribution in [2.24, 2.45) is 5.92 Å². The molecule has 0 saturated carbocycles. The molecule has 0 saturated heterocycles. The Morgan fingerprint density at radius 2 is 2.04 bits per heavy atom. The zero-order valence-electron chi connectivity index (χ0n) is 13.2. The molecule has 0 radical (unpaired) electrons. The molecule has 0 heterocycles. The predicted octanol–water partition coefficient (Wildman–Crippen LogP) is 2.55. The van der Waals surface area contributed by atoms with Gasteiger partial charge in [-0.25, -0.2) is 8.78 Å². The van der Waals surface area contributed by atoms with Gasteiger partial charge in [-0.2, -0.15) is 0 Å². The van der Waals surface area contributed by atoms with Crippen LogP contribution in [0.4, 0.5) is 8.78 Å². The lowest BCUT2D eigenvalue weighted by atomic mass is 10.1. The summed E-state index contributed by atoms with van der Waals surface area (Å²) in [5, 5.41) is 8.99. The second-order valence-corrected chi connectivity index (χ2v) is 5.17. The number of carboxylic acid groups (broad SMARTS) is 1. The van der Waals surface area contributed by atoms with Crippen molar-refractivity contribution in [3.05, 3.63) is 35.4 Å². The number of halogens is 2. The summed E-state index contributed by atoms with van der Waals surface area (Å²) in [4.78, 5) is 24.6. The first-order valence-corrected chi connectivity index (χ1v) is 7.41. The Labute approximate surface area is 133 Å². The summed E-state index contributed by atoms with van der Waals surface area (Å²) in [5.41, 5.74) is -0.404. The van der Waals surface area contributed by atoms with E-state index in [4.69, 9.17) is 9.84 Å². The fourth-order valence-corrected chi connectivity index (χ4v) is 2.02. The Hall–Kier alpha value is -2.02. The normalized spacial score (nSPS) is 12.0. The van der Waals surface area contributed by atoms with Gasteiger partial charge in [0.05, 0.1) is 11.5 Å². The van der Waals surface area contributed by atoms with E-state index in [1.807, 2.05) is 6.92 Å². The fourth-order valence-electron chi connectivity index (χ4n) is 2.02. The number of carbonyl (C=O) groups is 2. The molecule has 0 fully saturated rings. The summed E-state index contributed by atoms with van der Waals surface area (Å²) in [6, 6.07) is 2.62. The summed E-state index contributed by atoms with van der Waals surface area (Å²) < 4.78 is 32.2. The summed E-state index contributed by atoms with van der Waals surface area (Å²) in [7, 11) is 0. The molecule has 1 amide bonds. The summed E-state index contributed by atoms with van der Waals surface area (Å²) in [6.45, 7) is 4.32. The third kappa shape index (κ3) is 5.94. The SMILES string of the molecule is CCOCCCN(CC(C)C(=O)O)C(=O)c1cc(F)ccc1F. The van der Waals surface area contributed by atoms with E-state index in [9.17, 15) is 18.4 Å². The van der Waals surface area contributed by atoms with Gasteiger partial charge in [0.2, 0.25) is 0 Å². The molecular weight excluding hydrogens is 308 g/mol. The largest absolute Gasteiger partial charge is 0.481 e. The third-order valence-corrected chi connectivity index (χ3v) is 3.28. The zero-order valence-corrected chi connectivity index (χ0v) is 13.2. The Bertz CT molecular complexity index is 551. The Balaban J connectivity index is 2.89. The number of carboxylic acids is 1. The van der Waals surface area contributed by atoms with Gasteiger partial charge in [0.1, 0.15) is 11.6 Å². The first-order chi connectivity index (χ1) is 10.9. The molecule has 128 valence electrons. The van der Waals surface area contributed by atoms with E-state index in [0.29, 0.717) is 19.6 Å². The van der Waals surface area contributed by atoms with Crippen molar-refractivity contribution in [2.75, 3.05) is 26.3 Å². The number of amides is 1. The maximum absolute atomic E-state index is 13.8. The highest BCUT2D eigenvalue weighted by atomic mass is 19.1. The quantitative estimate of drug-likeness (QED) is 0.707. The van der Waals surface area contributed by atoms with Crippen LogP contribution in [-0.2, 0) is 9.53 Å². The summed E-state index contributed by atoms with van der Waals surface area (Å²) >= 11 is 0. The van der Waals surface area contributed by atoms with Crippen molar-refractivity contribution in [3.8, 4) is 0 Å². The maximum atomic E-state index is 13.8. The lowest BCUT2D eigenvalue weighted by Crippen LogP contribution is -2.38. The van der Waals surface area contributed by atoms with Crippen molar-refractivity contribution in [1.82, 2.24) is 4.90 Å². The van der Waals surface area contributed by atoms with Crippen LogP contribution in [0, 0.1) is 17.6 Å². The lowest BCUT2D eigenvalue weighted by Gasteiger charge is -2.25. The molecule has 0 bridgehead atoms. The molecule has 0 aromatic heterocycles. The van der Waals surface area contributed by atoms with Gasteiger partial charge in [0.25, 0.3) is 5.91 Å². The molecule has 1 rings (SSSR count). The van der Waals surface area contributed by atoms with Gasteiger partial charge in [-0.3, -0.25) is 9.59 Å². The van der Waals surface area contributed by atoms with E-state index < -0.39 is 35.0 Å². The van der Waals surface area contributed by atoms with Gasteiger partial charge in [0, 0.05) is 26.3 Å². The van der Waals surface area contributed by atoms with Crippen LogP contribution in [0.25, 0.3) is 0 Å². The monoisotopic (exact) mass is 329 g/mol. The molecule has 0 aliphatic rings. The van der Waals surface area contributed by atoms with Gasteiger partial charge >= 0.3 is 5.97 Å². The Kier molecular flexibility index (Phi) is 7.61. The molecule has 0 aliphatic carbocycles.